The number of benzene rings is 1. The predicted molar refractivity (Wildman–Crippen MR) is 67.1 cm³/mol. The van der Waals surface area contributed by atoms with Gasteiger partial charge < -0.3 is 5.11 Å². The molecule has 0 aliphatic rings. The Balaban J connectivity index is 2.77. The van der Waals surface area contributed by atoms with Gasteiger partial charge in [-0.2, -0.15) is 13.2 Å². The molecule has 0 unspecified atom stereocenters. The molecule has 1 aromatic carbocycles. The average Bonchev–Trinajstić information content (AvgIpc) is 2.33. The van der Waals surface area contributed by atoms with Crippen LogP contribution in [0.5, 0.6) is 0 Å². The maximum Gasteiger partial charge on any atom is 0.441 e. The summed E-state index contributed by atoms with van der Waals surface area (Å²) in [6, 6.07) is 2.13. The minimum absolute atomic E-state index is 0.418. The van der Waals surface area contributed by atoms with Crippen molar-refractivity contribution >= 4 is 27.8 Å². The first-order valence-corrected chi connectivity index (χ1v) is 7.73. The average molecular weight is 347 g/mol. The van der Waals surface area contributed by atoms with Gasteiger partial charge in [-0.15, -0.1) is 0 Å². The Hall–Kier alpha value is -1.33. The molecule has 0 amide bonds. The topological polar surface area (TPSA) is 83.5 Å². The van der Waals surface area contributed by atoms with Crippen LogP contribution in [0.3, 0.4) is 0 Å². The Kier molecular flexibility index (Phi) is 5.59. The molecule has 0 bridgehead atoms. The first-order chi connectivity index (χ1) is 9.53. The molecule has 0 aliphatic heterocycles. The number of carboxylic acid groups (broad SMARTS) is 1. The van der Waals surface area contributed by atoms with Crippen LogP contribution < -0.4 is 4.72 Å². The molecular weight excluding hydrogens is 338 g/mol. The van der Waals surface area contributed by atoms with Gasteiger partial charge in [0.2, 0.25) is 10.0 Å². The zero-order chi connectivity index (χ0) is 16.3. The number of thioether (sulfide) groups is 1. The van der Waals surface area contributed by atoms with E-state index in [0.29, 0.717) is 6.07 Å². The Morgan fingerprint density at radius 1 is 1.33 bits per heavy atom. The summed E-state index contributed by atoms with van der Waals surface area (Å²) in [6.07, 6.45) is 0. The lowest BCUT2D eigenvalue weighted by molar-refractivity contribution is -0.0327. The molecule has 0 saturated heterocycles. The summed E-state index contributed by atoms with van der Waals surface area (Å²) in [4.78, 5) is 9.75. The molecular formula is C10H9F4NO4S2. The molecule has 11 heteroatoms. The van der Waals surface area contributed by atoms with Crippen molar-refractivity contribution in [2.45, 2.75) is 10.4 Å². The molecule has 2 N–H and O–H groups in total. The highest BCUT2D eigenvalue weighted by atomic mass is 32.2. The fourth-order valence-electron chi connectivity index (χ4n) is 1.27. The van der Waals surface area contributed by atoms with Crippen LogP contribution in [-0.4, -0.2) is 37.3 Å². The minimum atomic E-state index is -4.49. The van der Waals surface area contributed by atoms with Gasteiger partial charge in [0.05, 0.1) is 5.56 Å². The fraction of sp³-hybridized carbons (Fsp3) is 0.300. The van der Waals surface area contributed by atoms with Crippen molar-refractivity contribution in [3.63, 3.8) is 0 Å². The van der Waals surface area contributed by atoms with Crippen molar-refractivity contribution < 1.29 is 35.9 Å². The predicted octanol–water partition coefficient (Wildman–Crippen LogP) is 2.06. The van der Waals surface area contributed by atoms with Crippen molar-refractivity contribution in [2.75, 3.05) is 12.3 Å². The second-order valence-corrected chi connectivity index (χ2v) is 6.54. The summed E-state index contributed by atoms with van der Waals surface area (Å²) in [6.45, 7) is -0.549. The van der Waals surface area contributed by atoms with E-state index in [2.05, 4.69) is 0 Å². The SMILES string of the molecule is O=C(O)c1ccc(S(=O)(=O)NCCSC(F)(F)F)c(F)c1. The Morgan fingerprint density at radius 3 is 2.43 bits per heavy atom. The minimum Gasteiger partial charge on any atom is -0.478 e. The number of carboxylic acids is 1. The number of hydrogen-bond acceptors (Lipinski definition) is 4. The van der Waals surface area contributed by atoms with Crippen LogP contribution in [-0.2, 0) is 10.0 Å². The molecule has 5 nitrogen and oxygen atoms in total. The summed E-state index contributed by atoms with van der Waals surface area (Å²) in [7, 11) is -4.35. The Morgan fingerprint density at radius 2 is 1.95 bits per heavy atom. The van der Waals surface area contributed by atoms with Gasteiger partial charge in [-0.1, -0.05) is 0 Å². The number of sulfonamides is 1. The highest BCUT2D eigenvalue weighted by molar-refractivity contribution is 8.00. The molecule has 1 aromatic rings. The highest BCUT2D eigenvalue weighted by Gasteiger charge is 2.28. The van der Waals surface area contributed by atoms with Gasteiger partial charge in [-0.05, 0) is 30.0 Å². The molecule has 118 valence electrons. The maximum atomic E-state index is 13.5. The summed E-state index contributed by atoms with van der Waals surface area (Å²) in [5.41, 5.74) is -4.93. The monoisotopic (exact) mass is 347 g/mol. The lowest BCUT2D eigenvalue weighted by Gasteiger charge is -2.09. The number of aromatic carboxylic acids is 1. The smallest absolute Gasteiger partial charge is 0.441 e. The Bertz CT molecular complexity index is 630. The molecule has 0 saturated carbocycles. The molecule has 0 fully saturated rings. The first-order valence-electron chi connectivity index (χ1n) is 5.26. The lowest BCUT2D eigenvalue weighted by Crippen LogP contribution is -2.27. The van der Waals surface area contributed by atoms with Crippen molar-refractivity contribution in [1.82, 2.24) is 4.72 Å². The van der Waals surface area contributed by atoms with E-state index in [-0.39, 0.29) is 0 Å². The van der Waals surface area contributed by atoms with E-state index in [4.69, 9.17) is 5.11 Å². The number of alkyl halides is 3. The van der Waals surface area contributed by atoms with Gasteiger partial charge in [0.15, 0.2) is 0 Å². The first kappa shape index (κ1) is 17.7. The van der Waals surface area contributed by atoms with Crippen LogP contribution in [0.25, 0.3) is 0 Å². The second kappa shape index (κ2) is 6.62. The summed E-state index contributed by atoms with van der Waals surface area (Å²) >= 11 is -0.418. The van der Waals surface area contributed by atoms with Gasteiger partial charge in [-0.25, -0.2) is 22.3 Å². The van der Waals surface area contributed by atoms with E-state index in [1.165, 1.54) is 0 Å². The quantitative estimate of drug-likeness (QED) is 0.608. The second-order valence-electron chi connectivity index (χ2n) is 3.64. The Labute approximate surface area is 121 Å². The molecule has 0 spiro atoms. The van der Waals surface area contributed by atoms with E-state index < -0.39 is 61.8 Å². The van der Waals surface area contributed by atoms with Crippen LogP contribution in [0.15, 0.2) is 23.1 Å². The lowest BCUT2D eigenvalue weighted by atomic mass is 10.2. The number of carbonyl (C=O) groups is 1. The van der Waals surface area contributed by atoms with Gasteiger partial charge in [0.25, 0.3) is 0 Å². The molecule has 0 aliphatic carbocycles. The summed E-state index contributed by atoms with van der Waals surface area (Å²) < 4.78 is 74.2. The zero-order valence-electron chi connectivity index (χ0n) is 10.1. The highest BCUT2D eigenvalue weighted by Crippen LogP contribution is 2.29. The van der Waals surface area contributed by atoms with E-state index in [9.17, 15) is 30.8 Å². The third kappa shape index (κ3) is 5.52. The number of halogens is 4. The summed E-state index contributed by atoms with van der Waals surface area (Å²) in [5, 5.41) is 8.61. The molecule has 0 aromatic heterocycles. The van der Waals surface area contributed by atoms with Gasteiger partial charge in [0, 0.05) is 12.3 Å². The van der Waals surface area contributed by atoms with Crippen molar-refractivity contribution in [3.8, 4) is 0 Å². The van der Waals surface area contributed by atoms with Crippen LogP contribution in [0, 0.1) is 5.82 Å². The standard InChI is InChI=1S/C10H9F4NO4S2/c11-7-5-6(9(16)17)1-2-8(7)21(18,19)15-3-4-20-10(12,13)14/h1-2,5,15H,3-4H2,(H,16,17). The molecule has 1 rings (SSSR count). The van der Waals surface area contributed by atoms with Gasteiger partial charge >= 0.3 is 11.5 Å². The van der Waals surface area contributed by atoms with Crippen molar-refractivity contribution in [2.24, 2.45) is 0 Å². The maximum absolute atomic E-state index is 13.5. The number of nitrogens with one attached hydrogen (secondary N) is 1. The molecule has 0 radical (unpaired) electrons. The van der Waals surface area contributed by atoms with Crippen molar-refractivity contribution in [3.05, 3.63) is 29.6 Å². The van der Waals surface area contributed by atoms with Crippen molar-refractivity contribution in [1.29, 1.82) is 0 Å². The van der Waals surface area contributed by atoms with E-state index >= 15 is 0 Å². The van der Waals surface area contributed by atoms with Crippen LogP contribution in [0.2, 0.25) is 0 Å². The van der Waals surface area contributed by atoms with Gasteiger partial charge in [-0.3, -0.25) is 0 Å². The molecule has 0 heterocycles. The normalized spacial score (nSPS) is 12.4. The van der Waals surface area contributed by atoms with E-state index in [1.807, 2.05) is 0 Å². The van der Waals surface area contributed by atoms with Crippen LogP contribution in [0.4, 0.5) is 17.6 Å². The molecule has 0 atom stereocenters. The summed E-state index contributed by atoms with van der Waals surface area (Å²) in [5.74, 6) is -3.31. The largest absolute Gasteiger partial charge is 0.478 e. The number of rotatable bonds is 6. The van der Waals surface area contributed by atoms with Crippen LogP contribution in [0.1, 0.15) is 10.4 Å². The van der Waals surface area contributed by atoms with E-state index in [0.717, 1.165) is 12.1 Å². The fourth-order valence-corrected chi connectivity index (χ4v) is 2.93. The third-order valence-corrected chi connectivity index (χ3v) is 4.36. The molecule has 21 heavy (non-hydrogen) atoms. The number of hydrogen-bond donors (Lipinski definition) is 2. The third-order valence-electron chi connectivity index (χ3n) is 2.13. The van der Waals surface area contributed by atoms with E-state index in [1.54, 1.807) is 4.72 Å². The van der Waals surface area contributed by atoms with Gasteiger partial charge in [0.1, 0.15) is 10.7 Å². The van der Waals surface area contributed by atoms with Crippen LogP contribution >= 0.6 is 11.8 Å². The zero-order valence-corrected chi connectivity index (χ0v) is 11.8.